The summed E-state index contributed by atoms with van der Waals surface area (Å²) in [6, 6.07) is 18.6. The molecule has 3 rings (SSSR count). The smallest absolute Gasteiger partial charge is 0.257 e. The van der Waals surface area contributed by atoms with E-state index in [-0.39, 0.29) is 18.1 Å². The highest BCUT2D eigenvalue weighted by molar-refractivity contribution is 5.85. The van der Waals surface area contributed by atoms with Gasteiger partial charge in [0.05, 0.1) is 5.52 Å². The van der Waals surface area contributed by atoms with E-state index in [2.05, 4.69) is 10.3 Å². The van der Waals surface area contributed by atoms with Crippen LogP contribution in [0.4, 0.5) is 0 Å². The molecule has 0 bridgehead atoms. The summed E-state index contributed by atoms with van der Waals surface area (Å²) in [6.45, 7) is 0.462. The Hall–Kier alpha value is -3.08. The SMILES string of the molecule is O=C(COc1cccc2ccc(=O)[nH]c12)NCCc1ccccc1. The molecule has 3 aromatic rings. The van der Waals surface area contributed by atoms with Gasteiger partial charge in [-0.2, -0.15) is 0 Å². The number of nitrogens with one attached hydrogen (secondary N) is 2. The first-order chi connectivity index (χ1) is 11.7. The Labute approximate surface area is 139 Å². The van der Waals surface area contributed by atoms with E-state index in [1.807, 2.05) is 42.5 Å². The molecule has 122 valence electrons. The standard InChI is InChI=1S/C19H18N2O3/c22-17-10-9-15-7-4-8-16(19(15)21-17)24-13-18(23)20-12-11-14-5-2-1-3-6-14/h1-10H,11-13H2,(H,20,23)(H,21,22). The number of aromatic amines is 1. The van der Waals surface area contributed by atoms with Gasteiger partial charge in [-0.1, -0.05) is 42.5 Å². The number of rotatable bonds is 6. The number of ether oxygens (including phenoxy) is 1. The van der Waals surface area contributed by atoms with Crippen molar-refractivity contribution in [3.05, 3.63) is 76.6 Å². The molecule has 2 aromatic carbocycles. The fraction of sp³-hybridized carbons (Fsp3) is 0.158. The van der Waals surface area contributed by atoms with Gasteiger partial charge in [0.25, 0.3) is 5.91 Å². The van der Waals surface area contributed by atoms with Gasteiger partial charge in [-0.3, -0.25) is 9.59 Å². The second-order valence-corrected chi connectivity index (χ2v) is 5.42. The Balaban J connectivity index is 1.55. The van der Waals surface area contributed by atoms with Gasteiger partial charge in [0.2, 0.25) is 5.56 Å². The van der Waals surface area contributed by atoms with Crippen LogP contribution in [0.3, 0.4) is 0 Å². The van der Waals surface area contributed by atoms with Gasteiger partial charge < -0.3 is 15.0 Å². The molecule has 5 nitrogen and oxygen atoms in total. The van der Waals surface area contributed by atoms with Crippen LogP contribution >= 0.6 is 0 Å². The Bertz CT molecular complexity index is 888. The first-order valence-electron chi connectivity index (χ1n) is 7.78. The molecule has 5 heteroatoms. The second-order valence-electron chi connectivity index (χ2n) is 5.42. The van der Waals surface area contributed by atoms with Gasteiger partial charge in [0, 0.05) is 18.0 Å². The van der Waals surface area contributed by atoms with E-state index in [1.54, 1.807) is 12.1 Å². The summed E-state index contributed by atoms with van der Waals surface area (Å²) in [5, 5.41) is 3.68. The lowest BCUT2D eigenvalue weighted by Gasteiger charge is -2.09. The van der Waals surface area contributed by atoms with Gasteiger partial charge in [0.15, 0.2) is 6.61 Å². The number of benzene rings is 2. The lowest BCUT2D eigenvalue weighted by molar-refractivity contribution is -0.123. The number of hydrogen-bond donors (Lipinski definition) is 2. The molecule has 1 heterocycles. The molecule has 0 radical (unpaired) electrons. The van der Waals surface area contributed by atoms with Crippen LogP contribution in [0.5, 0.6) is 5.75 Å². The van der Waals surface area contributed by atoms with Crippen LogP contribution in [0.15, 0.2) is 65.5 Å². The lowest BCUT2D eigenvalue weighted by Crippen LogP contribution is -2.30. The van der Waals surface area contributed by atoms with E-state index in [1.165, 1.54) is 11.6 Å². The molecule has 0 aliphatic carbocycles. The monoisotopic (exact) mass is 322 g/mol. The Morgan fingerprint density at radius 3 is 2.67 bits per heavy atom. The van der Waals surface area contributed by atoms with E-state index in [0.717, 1.165) is 11.8 Å². The number of carbonyl (C=O) groups is 1. The summed E-state index contributed by atoms with van der Waals surface area (Å²) < 4.78 is 5.56. The minimum atomic E-state index is -0.203. The maximum atomic E-state index is 11.9. The number of pyridine rings is 1. The van der Waals surface area contributed by atoms with Crippen molar-refractivity contribution in [2.75, 3.05) is 13.2 Å². The van der Waals surface area contributed by atoms with E-state index in [9.17, 15) is 9.59 Å². The Kier molecular flexibility index (Phi) is 4.91. The molecule has 0 saturated heterocycles. The number of H-pyrrole nitrogens is 1. The molecule has 0 aliphatic heterocycles. The average Bonchev–Trinajstić information content (AvgIpc) is 2.61. The molecule has 0 atom stereocenters. The van der Waals surface area contributed by atoms with Gasteiger partial charge in [-0.15, -0.1) is 0 Å². The highest BCUT2D eigenvalue weighted by Gasteiger charge is 2.06. The average molecular weight is 322 g/mol. The highest BCUT2D eigenvalue weighted by Crippen LogP contribution is 2.21. The van der Waals surface area contributed by atoms with Crippen LogP contribution in [0.1, 0.15) is 5.56 Å². The van der Waals surface area contributed by atoms with Gasteiger partial charge in [0.1, 0.15) is 5.75 Å². The summed E-state index contributed by atoms with van der Waals surface area (Å²) in [5.74, 6) is 0.296. The number of fused-ring (bicyclic) bond motifs is 1. The zero-order chi connectivity index (χ0) is 16.8. The number of amides is 1. The Morgan fingerprint density at radius 1 is 1.00 bits per heavy atom. The fourth-order valence-corrected chi connectivity index (χ4v) is 2.46. The van der Waals surface area contributed by atoms with Crippen molar-refractivity contribution in [2.24, 2.45) is 0 Å². The van der Waals surface area contributed by atoms with Crippen LogP contribution in [-0.4, -0.2) is 24.0 Å². The topological polar surface area (TPSA) is 71.2 Å². The summed E-state index contributed by atoms with van der Waals surface area (Å²) >= 11 is 0. The van der Waals surface area contributed by atoms with Crippen molar-refractivity contribution < 1.29 is 9.53 Å². The van der Waals surface area contributed by atoms with Gasteiger partial charge in [-0.25, -0.2) is 0 Å². The first kappa shape index (κ1) is 15.8. The molecule has 1 amide bonds. The van der Waals surface area contributed by atoms with E-state index >= 15 is 0 Å². The van der Waals surface area contributed by atoms with Crippen molar-refractivity contribution in [2.45, 2.75) is 6.42 Å². The summed E-state index contributed by atoms with van der Waals surface area (Å²) in [6.07, 6.45) is 0.772. The number of para-hydroxylation sites is 1. The zero-order valence-corrected chi connectivity index (χ0v) is 13.1. The summed E-state index contributed by atoms with van der Waals surface area (Å²) in [5.41, 5.74) is 1.57. The summed E-state index contributed by atoms with van der Waals surface area (Å²) in [4.78, 5) is 26.1. The maximum Gasteiger partial charge on any atom is 0.257 e. The predicted molar refractivity (Wildman–Crippen MR) is 93.2 cm³/mol. The van der Waals surface area contributed by atoms with Crippen molar-refractivity contribution in [3.63, 3.8) is 0 Å². The molecule has 0 saturated carbocycles. The third-order valence-electron chi connectivity index (χ3n) is 3.66. The van der Waals surface area contributed by atoms with E-state index in [0.29, 0.717) is 17.8 Å². The quantitative estimate of drug-likeness (QED) is 0.731. The first-order valence-corrected chi connectivity index (χ1v) is 7.78. The van der Waals surface area contributed by atoms with Crippen molar-refractivity contribution in [1.29, 1.82) is 0 Å². The minimum Gasteiger partial charge on any atom is -0.482 e. The van der Waals surface area contributed by atoms with Gasteiger partial charge in [-0.05, 0) is 24.1 Å². The molecule has 0 fully saturated rings. The van der Waals surface area contributed by atoms with Crippen molar-refractivity contribution in [1.82, 2.24) is 10.3 Å². The molecule has 0 unspecified atom stereocenters. The Morgan fingerprint density at radius 2 is 1.83 bits per heavy atom. The lowest BCUT2D eigenvalue weighted by atomic mass is 10.1. The van der Waals surface area contributed by atoms with Crippen molar-refractivity contribution in [3.8, 4) is 5.75 Å². The predicted octanol–water partition coefficient (Wildman–Crippen LogP) is 2.27. The maximum absolute atomic E-state index is 11.9. The molecular weight excluding hydrogens is 304 g/mol. The summed E-state index contributed by atoms with van der Waals surface area (Å²) in [7, 11) is 0. The molecule has 2 N–H and O–H groups in total. The van der Waals surface area contributed by atoms with E-state index in [4.69, 9.17) is 4.74 Å². The van der Waals surface area contributed by atoms with Crippen LogP contribution in [0.25, 0.3) is 10.9 Å². The normalized spacial score (nSPS) is 10.5. The van der Waals surface area contributed by atoms with Crippen LogP contribution in [0, 0.1) is 0 Å². The largest absolute Gasteiger partial charge is 0.482 e. The van der Waals surface area contributed by atoms with Crippen molar-refractivity contribution >= 4 is 16.8 Å². The van der Waals surface area contributed by atoms with Crippen LogP contribution < -0.4 is 15.6 Å². The third-order valence-corrected chi connectivity index (χ3v) is 3.66. The zero-order valence-electron chi connectivity index (χ0n) is 13.1. The van der Waals surface area contributed by atoms with Crippen LogP contribution in [-0.2, 0) is 11.2 Å². The second kappa shape index (κ2) is 7.46. The molecule has 1 aromatic heterocycles. The molecule has 0 spiro atoms. The van der Waals surface area contributed by atoms with Crippen LogP contribution in [0.2, 0.25) is 0 Å². The number of carbonyl (C=O) groups excluding carboxylic acids is 1. The number of aromatic nitrogens is 1. The molecular formula is C19H18N2O3. The highest BCUT2D eigenvalue weighted by atomic mass is 16.5. The third kappa shape index (κ3) is 4.01. The minimum absolute atomic E-state index is 0.0924. The van der Waals surface area contributed by atoms with Gasteiger partial charge >= 0.3 is 0 Å². The number of hydrogen-bond acceptors (Lipinski definition) is 3. The molecule has 0 aliphatic rings. The molecule has 24 heavy (non-hydrogen) atoms. The van der Waals surface area contributed by atoms with E-state index < -0.39 is 0 Å². The fourth-order valence-electron chi connectivity index (χ4n) is 2.46.